The topological polar surface area (TPSA) is 84.8 Å². The summed E-state index contributed by atoms with van der Waals surface area (Å²) in [5.41, 5.74) is 3.90. The molecule has 1 N–H and O–H groups in total. The number of carbonyl (C=O) groups is 1. The van der Waals surface area contributed by atoms with Crippen molar-refractivity contribution in [2.45, 2.75) is 13.3 Å². The first-order valence-corrected chi connectivity index (χ1v) is 9.32. The Balaban J connectivity index is 2.03. The lowest BCUT2D eigenvalue weighted by Gasteiger charge is -2.08. The molecule has 1 aliphatic heterocycles. The molecule has 1 aliphatic rings. The minimum absolute atomic E-state index is 0.0687. The maximum absolute atomic E-state index is 11.9. The van der Waals surface area contributed by atoms with Gasteiger partial charge >= 0.3 is 0 Å². The van der Waals surface area contributed by atoms with E-state index in [9.17, 15) is 13.2 Å². The van der Waals surface area contributed by atoms with Gasteiger partial charge < -0.3 is 4.74 Å². The van der Waals surface area contributed by atoms with Crippen molar-refractivity contribution < 1.29 is 17.9 Å². The van der Waals surface area contributed by atoms with Crippen LogP contribution >= 0.6 is 15.9 Å². The molecule has 0 aromatic heterocycles. The molecule has 6 nitrogen and oxygen atoms in total. The van der Waals surface area contributed by atoms with E-state index >= 15 is 0 Å². The third-order valence-corrected chi connectivity index (χ3v) is 5.89. The van der Waals surface area contributed by atoms with Crippen molar-refractivity contribution in [1.29, 1.82) is 0 Å². The summed E-state index contributed by atoms with van der Waals surface area (Å²) in [5.74, 6) is -0.186. The summed E-state index contributed by atoms with van der Waals surface area (Å²) >= 11 is 3.39. The number of ether oxygens (including phenoxy) is 1. The third kappa shape index (κ3) is 4.07. The molecule has 1 heterocycles. The fraction of sp³-hybridized carbons (Fsp3) is 0.429. The Labute approximate surface area is 138 Å². The molecule has 120 valence electrons. The van der Waals surface area contributed by atoms with Crippen molar-refractivity contribution in [2.75, 3.05) is 18.6 Å². The van der Waals surface area contributed by atoms with Gasteiger partial charge in [-0.05, 0) is 53.0 Å². The smallest absolute Gasteiger partial charge is 0.244 e. The summed E-state index contributed by atoms with van der Waals surface area (Å²) in [6, 6.07) is 5.46. The highest BCUT2D eigenvalue weighted by Crippen LogP contribution is 2.25. The van der Waals surface area contributed by atoms with E-state index in [1.54, 1.807) is 20.1 Å². The number of nitrogens with one attached hydrogen (secondary N) is 1. The Bertz CT molecular complexity index is 716. The van der Waals surface area contributed by atoms with Crippen LogP contribution in [0.2, 0.25) is 0 Å². The maximum atomic E-state index is 11.9. The molecule has 0 radical (unpaired) electrons. The van der Waals surface area contributed by atoms with Gasteiger partial charge in [0.05, 0.1) is 34.7 Å². The SMILES string of the molecule is COc1ccc(/C(C)=N\NC(=O)[C@@H]2CCS(=O)(=O)C2)cc1Br. The van der Waals surface area contributed by atoms with Crippen LogP contribution in [-0.4, -0.2) is 38.7 Å². The van der Waals surface area contributed by atoms with Crippen molar-refractivity contribution in [3.63, 3.8) is 0 Å². The minimum Gasteiger partial charge on any atom is -0.496 e. The van der Waals surface area contributed by atoms with Crippen molar-refractivity contribution in [1.82, 2.24) is 5.43 Å². The molecular weight excluding hydrogens is 372 g/mol. The first-order valence-electron chi connectivity index (χ1n) is 6.71. The molecule has 22 heavy (non-hydrogen) atoms. The van der Waals surface area contributed by atoms with Gasteiger partial charge in [-0.2, -0.15) is 5.10 Å². The number of hydrazone groups is 1. The average Bonchev–Trinajstić information content (AvgIpc) is 2.84. The van der Waals surface area contributed by atoms with Gasteiger partial charge in [0.2, 0.25) is 5.91 Å². The van der Waals surface area contributed by atoms with Gasteiger partial charge in [0.15, 0.2) is 9.84 Å². The summed E-state index contributed by atoms with van der Waals surface area (Å²) in [6.45, 7) is 1.76. The standard InChI is InChI=1S/C14H17BrN2O4S/c1-9(10-3-4-13(21-2)12(15)7-10)16-17-14(18)11-5-6-22(19,20)8-11/h3-4,7,11H,5-6,8H2,1-2H3,(H,17,18)/b16-9-/t11-/m1/s1. The average molecular weight is 389 g/mol. The molecule has 1 fully saturated rings. The van der Waals surface area contributed by atoms with E-state index in [-0.39, 0.29) is 17.4 Å². The van der Waals surface area contributed by atoms with Crippen LogP contribution < -0.4 is 10.2 Å². The Morgan fingerprint density at radius 2 is 2.18 bits per heavy atom. The number of halogens is 1. The lowest BCUT2D eigenvalue weighted by atomic mass is 10.1. The Hall–Kier alpha value is -1.41. The fourth-order valence-corrected chi connectivity index (χ4v) is 4.47. The maximum Gasteiger partial charge on any atom is 0.244 e. The Morgan fingerprint density at radius 1 is 1.45 bits per heavy atom. The van der Waals surface area contributed by atoms with E-state index in [1.165, 1.54) is 0 Å². The number of nitrogens with zero attached hydrogens (tertiary/aromatic N) is 1. The molecule has 1 saturated heterocycles. The van der Waals surface area contributed by atoms with E-state index in [1.807, 2.05) is 12.1 Å². The van der Waals surface area contributed by atoms with Crippen molar-refractivity contribution in [3.05, 3.63) is 28.2 Å². The van der Waals surface area contributed by atoms with E-state index in [4.69, 9.17) is 4.74 Å². The van der Waals surface area contributed by atoms with Crippen LogP contribution in [0.3, 0.4) is 0 Å². The fourth-order valence-electron chi connectivity index (χ4n) is 2.19. The zero-order valence-electron chi connectivity index (χ0n) is 12.3. The number of amides is 1. The van der Waals surface area contributed by atoms with Crippen molar-refractivity contribution in [3.8, 4) is 5.75 Å². The molecule has 0 saturated carbocycles. The molecule has 2 rings (SSSR count). The van der Waals surface area contributed by atoms with Crippen molar-refractivity contribution >= 4 is 37.4 Å². The number of hydrogen-bond acceptors (Lipinski definition) is 5. The third-order valence-electron chi connectivity index (χ3n) is 3.51. The molecule has 1 amide bonds. The monoisotopic (exact) mass is 388 g/mol. The van der Waals surface area contributed by atoms with Gasteiger partial charge in [0.1, 0.15) is 5.75 Å². The number of carbonyl (C=O) groups excluding carboxylic acids is 1. The van der Waals surface area contributed by atoms with Crippen LogP contribution in [-0.2, 0) is 14.6 Å². The van der Waals surface area contributed by atoms with Crippen LogP contribution in [0.1, 0.15) is 18.9 Å². The molecule has 1 aromatic rings. The summed E-state index contributed by atoms with van der Waals surface area (Å²) in [6.07, 6.45) is 0.358. The first kappa shape index (κ1) is 17.0. The van der Waals surface area contributed by atoms with Crippen LogP contribution in [0.5, 0.6) is 5.75 Å². The van der Waals surface area contributed by atoms with Gasteiger partial charge in [0.25, 0.3) is 0 Å². The van der Waals surface area contributed by atoms with E-state index in [2.05, 4.69) is 26.5 Å². The van der Waals surface area contributed by atoms with Crippen LogP contribution in [0, 0.1) is 5.92 Å². The molecule has 1 atom stereocenters. The largest absolute Gasteiger partial charge is 0.496 e. The summed E-state index contributed by atoms with van der Waals surface area (Å²) in [4.78, 5) is 11.9. The molecule has 0 spiro atoms. The highest BCUT2D eigenvalue weighted by molar-refractivity contribution is 9.10. The predicted molar refractivity (Wildman–Crippen MR) is 87.8 cm³/mol. The second-order valence-electron chi connectivity index (χ2n) is 5.12. The Morgan fingerprint density at radius 3 is 2.73 bits per heavy atom. The predicted octanol–water partition coefficient (Wildman–Crippen LogP) is 1.73. The molecule has 0 bridgehead atoms. The zero-order valence-corrected chi connectivity index (χ0v) is 14.7. The second kappa shape index (κ2) is 6.78. The van der Waals surface area contributed by atoms with E-state index < -0.39 is 15.8 Å². The molecular formula is C14H17BrN2O4S. The number of methoxy groups -OCH3 is 1. The van der Waals surface area contributed by atoms with Gasteiger partial charge in [-0.3, -0.25) is 4.79 Å². The molecule has 0 aliphatic carbocycles. The Kier molecular flexibility index (Phi) is 5.23. The molecule has 0 unspecified atom stereocenters. The number of sulfone groups is 1. The quantitative estimate of drug-likeness (QED) is 0.628. The molecule has 1 aromatic carbocycles. The lowest BCUT2D eigenvalue weighted by molar-refractivity contribution is -0.124. The van der Waals surface area contributed by atoms with Gasteiger partial charge in [0, 0.05) is 0 Å². The first-order chi connectivity index (χ1) is 10.3. The number of benzene rings is 1. The van der Waals surface area contributed by atoms with Crippen LogP contribution in [0.15, 0.2) is 27.8 Å². The number of rotatable bonds is 4. The van der Waals surface area contributed by atoms with E-state index in [0.29, 0.717) is 17.9 Å². The summed E-state index contributed by atoms with van der Waals surface area (Å²) in [7, 11) is -1.49. The summed E-state index contributed by atoms with van der Waals surface area (Å²) in [5, 5.41) is 4.04. The lowest BCUT2D eigenvalue weighted by Crippen LogP contribution is -2.28. The van der Waals surface area contributed by atoms with Gasteiger partial charge in [-0.25, -0.2) is 13.8 Å². The highest BCUT2D eigenvalue weighted by Gasteiger charge is 2.32. The summed E-state index contributed by atoms with van der Waals surface area (Å²) < 4.78 is 28.7. The van der Waals surface area contributed by atoms with Gasteiger partial charge in [-0.1, -0.05) is 0 Å². The second-order valence-corrected chi connectivity index (χ2v) is 8.21. The normalized spacial score (nSPS) is 20.7. The van der Waals surface area contributed by atoms with Crippen LogP contribution in [0.25, 0.3) is 0 Å². The van der Waals surface area contributed by atoms with Crippen molar-refractivity contribution in [2.24, 2.45) is 11.0 Å². The zero-order chi connectivity index (χ0) is 16.3. The minimum atomic E-state index is -3.07. The molecule has 8 heteroatoms. The van der Waals surface area contributed by atoms with Gasteiger partial charge in [-0.15, -0.1) is 0 Å². The highest BCUT2D eigenvalue weighted by atomic mass is 79.9. The van der Waals surface area contributed by atoms with E-state index in [0.717, 1.165) is 10.0 Å². The number of hydrogen-bond donors (Lipinski definition) is 1. The van der Waals surface area contributed by atoms with Crippen LogP contribution in [0.4, 0.5) is 0 Å².